The van der Waals surface area contributed by atoms with Gasteiger partial charge in [-0.1, -0.05) is 0 Å². The van der Waals surface area contributed by atoms with Gasteiger partial charge in [-0.05, 0) is 0 Å². The van der Waals surface area contributed by atoms with E-state index in [0.717, 1.165) is 0 Å². The van der Waals surface area contributed by atoms with E-state index < -0.39 is 5.97 Å². The van der Waals surface area contributed by atoms with Crippen molar-refractivity contribution in [3.63, 3.8) is 0 Å². The van der Waals surface area contributed by atoms with Crippen LogP contribution in [0.3, 0.4) is 0 Å². The summed E-state index contributed by atoms with van der Waals surface area (Å²) in [7, 11) is 0. The molecule has 0 radical (unpaired) electrons. The SMILES string of the molecule is O=CCOCC(=O)OCC=O. The molecular formula is C6H8O5. The Hall–Kier alpha value is -1.23. The molecule has 5 nitrogen and oxygen atoms in total. The van der Waals surface area contributed by atoms with Crippen LogP contribution in [-0.4, -0.2) is 38.4 Å². The maximum Gasteiger partial charge on any atom is 0.332 e. The van der Waals surface area contributed by atoms with Gasteiger partial charge < -0.3 is 14.3 Å². The molecule has 5 heteroatoms. The second-order valence-corrected chi connectivity index (χ2v) is 1.53. The molecule has 0 saturated carbocycles. The fraction of sp³-hybridized carbons (Fsp3) is 0.500. The van der Waals surface area contributed by atoms with E-state index in [4.69, 9.17) is 0 Å². The minimum atomic E-state index is -0.654. The van der Waals surface area contributed by atoms with Gasteiger partial charge in [-0.3, -0.25) is 4.79 Å². The van der Waals surface area contributed by atoms with Crippen LogP contribution in [0.5, 0.6) is 0 Å². The Morgan fingerprint density at radius 1 is 1.18 bits per heavy atom. The van der Waals surface area contributed by atoms with Crippen molar-refractivity contribution in [3.8, 4) is 0 Å². The van der Waals surface area contributed by atoms with E-state index in [0.29, 0.717) is 12.6 Å². The molecule has 0 atom stereocenters. The lowest BCUT2D eigenvalue weighted by Gasteiger charge is -1.98. The van der Waals surface area contributed by atoms with Gasteiger partial charge in [0.15, 0.2) is 6.29 Å². The van der Waals surface area contributed by atoms with Crippen LogP contribution in [0.2, 0.25) is 0 Å². The molecule has 0 unspecified atom stereocenters. The van der Waals surface area contributed by atoms with Crippen LogP contribution < -0.4 is 0 Å². The smallest absolute Gasteiger partial charge is 0.332 e. The maximum absolute atomic E-state index is 10.5. The molecule has 0 saturated heterocycles. The first kappa shape index (κ1) is 9.77. The molecule has 0 aliphatic heterocycles. The summed E-state index contributed by atoms with van der Waals surface area (Å²) in [4.78, 5) is 29.8. The predicted molar refractivity (Wildman–Crippen MR) is 33.9 cm³/mol. The van der Waals surface area contributed by atoms with Gasteiger partial charge in [-0.2, -0.15) is 0 Å². The Balaban J connectivity index is 3.21. The molecule has 0 aromatic heterocycles. The number of carbonyl (C=O) groups excluding carboxylic acids is 3. The van der Waals surface area contributed by atoms with Gasteiger partial charge in [-0.15, -0.1) is 0 Å². The summed E-state index contributed by atoms with van der Waals surface area (Å²) in [5, 5.41) is 0. The van der Waals surface area contributed by atoms with Crippen molar-refractivity contribution in [2.45, 2.75) is 0 Å². The number of rotatable bonds is 6. The number of carbonyl (C=O) groups is 3. The molecule has 11 heavy (non-hydrogen) atoms. The van der Waals surface area contributed by atoms with E-state index >= 15 is 0 Å². The molecule has 0 N–H and O–H groups in total. The third kappa shape index (κ3) is 6.66. The van der Waals surface area contributed by atoms with Crippen LogP contribution >= 0.6 is 0 Å². The van der Waals surface area contributed by atoms with Gasteiger partial charge in [0.25, 0.3) is 0 Å². The van der Waals surface area contributed by atoms with Crippen molar-refractivity contribution < 1.29 is 23.9 Å². The van der Waals surface area contributed by atoms with Gasteiger partial charge in [0.05, 0.1) is 0 Å². The zero-order valence-electron chi connectivity index (χ0n) is 5.82. The summed E-state index contributed by atoms with van der Waals surface area (Å²) in [5.74, 6) is -0.654. The van der Waals surface area contributed by atoms with Gasteiger partial charge in [0.2, 0.25) is 0 Å². The van der Waals surface area contributed by atoms with Crippen molar-refractivity contribution in [1.82, 2.24) is 0 Å². The Morgan fingerprint density at radius 2 is 1.82 bits per heavy atom. The monoisotopic (exact) mass is 160 g/mol. The highest BCUT2D eigenvalue weighted by Crippen LogP contribution is 1.78. The third-order valence-electron chi connectivity index (χ3n) is 0.718. The summed E-state index contributed by atoms with van der Waals surface area (Å²) >= 11 is 0. The van der Waals surface area contributed by atoms with Gasteiger partial charge in [0, 0.05) is 0 Å². The fourth-order valence-electron chi connectivity index (χ4n) is 0.359. The van der Waals surface area contributed by atoms with Crippen LogP contribution in [-0.2, 0) is 23.9 Å². The summed E-state index contributed by atoms with van der Waals surface area (Å²) in [6, 6.07) is 0. The third-order valence-corrected chi connectivity index (χ3v) is 0.718. The molecule has 0 heterocycles. The molecule has 0 aromatic carbocycles. The Bertz CT molecular complexity index is 142. The van der Waals surface area contributed by atoms with E-state index in [1.54, 1.807) is 0 Å². The summed E-state index contributed by atoms with van der Waals surface area (Å²) in [6.07, 6.45) is 0.977. The van der Waals surface area contributed by atoms with Crippen molar-refractivity contribution in [2.75, 3.05) is 19.8 Å². The van der Waals surface area contributed by atoms with Crippen molar-refractivity contribution >= 4 is 18.5 Å². The molecular weight excluding hydrogens is 152 g/mol. The largest absolute Gasteiger partial charge is 0.456 e. The molecule has 0 bridgehead atoms. The molecule has 62 valence electrons. The minimum absolute atomic E-state index is 0.143. The second-order valence-electron chi connectivity index (χ2n) is 1.53. The van der Waals surface area contributed by atoms with Crippen LogP contribution in [0, 0.1) is 0 Å². The highest BCUT2D eigenvalue weighted by atomic mass is 16.6. The standard InChI is InChI=1S/C6H8O5/c7-1-3-10-5-6(9)11-4-2-8/h1-2H,3-5H2. The highest BCUT2D eigenvalue weighted by molar-refractivity contribution is 5.72. The molecule has 0 aliphatic rings. The first-order valence-corrected chi connectivity index (χ1v) is 2.92. The fourth-order valence-corrected chi connectivity index (χ4v) is 0.359. The summed E-state index contributed by atoms with van der Waals surface area (Å²) in [5.41, 5.74) is 0. The zero-order chi connectivity index (χ0) is 8.53. The lowest BCUT2D eigenvalue weighted by atomic mass is 10.7. The van der Waals surface area contributed by atoms with E-state index in [2.05, 4.69) is 9.47 Å². The summed E-state index contributed by atoms with van der Waals surface area (Å²) in [6.45, 7) is -0.716. The first-order chi connectivity index (χ1) is 5.31. The molecule has 0 spiro atoms. The average Bonchev–Trinajstić information content (AvgIpc) is 2.01. The highest BCUT2D eigenvalue weighted by Gasteiger charge is 2.00. The minimum Gasteiger partial charge on any atom is -0.456 e. The number of esters is 1. The average molecular weight is 160 g/mol. The van der Waals surface area contributed by atoms with Crippen molar-refractivity contribution in [3.05, 3.63) is 0 Å². The molecule has 0 aromatic rings. The normalized spacial score (nSPS) is 8.73. The lowest BCUT2D eigenvalue weighted by Crippen LogP contribution is -2.14. The molecule has 0 amide bonds. The van der Waals surface area contributed by atoms with E-state index in [1.807, 2.05) is 0 Å². The van der Waals surface area contributed by atoms with Crippen LogP contribution in [0.1, 0.15) is 0 Å². The quantitative estimate of drug-likeness (QED) is 0.281. The lowest BCUT2D eigenvalue weighted by molar-refractivity contribution is -0.150. The molecule has 0 rings (SSSR count). The number of ether oxygens (including phenoxy) is 2. The zero-order valence-corrected chi connectivity index (χ0v) is 5.82. The van der Waals surface area contributed by atoms with E-state index in [9.17, 15) is 14.4 Å². The van der Waals surface area contributed by atoms with Crippen molar-refractivity contribution in [2.24, 2.45) is 0 Å². The molecule has 0 fully saturated rings. The maximum atomic E-state index is 10.5. The number of hydrogen-bond donors (Lipinski definition) is 0. The topological polar surface area (TPSA) is 69.7 Å². The second kappa shape index (κ2) is 6.88. The van der Waals surface area contributed by atoms with Crippen LogP contribution in [0.25, 0.3) is 0 Å². The number of aldehydes is 2. The summed E-state index contributed by atoms with van der Waals surface area (Å²) < 4.78 is 8.77. The molecule has 0 aliphatic carbocycles. The van der Waals surface area contributed by atoms with E-state index in [1.165, 1.54) is 0 Å². The predicted octanol–water partition coefficient (Wildman–Crippen LogP) is -1.06. The van der Waals surface area contributed by atoms with Gasteiger partial charge in [-0.25, -0.2) is 4.79 Å². The van der Waals surface area contributed by atoms with Gasteiger partial charge >= 0.3 is 5.97 Å². The Labute approximate surface area is 63.3 Å². The Morgan fingerprint density at radius 3 is 2.36 bits per heavy atom. The Kier molecular flexibility index (Phi) is 6.11. The van der Waals surface area contributed by atoms with Crippen molar-refractivity contribution in [1.29, 1.82) is 0 Å². The first-order valence-electron chi connectivity index (χ1n) is 2.92. The van der Waals surface area contributed by atoms with Crippen LogP contribution in [0.4, 0.5) is 0 Å². The van der Waals surface area contributed by atoms with E-state index in [-0.39, 0.29) is 19.8 Å². The number of hydrogen-bond acceptors (Lipinski definition) is 5. The van der Waals surface area contributed by atoms with Crippen LogP contribution in [0.15, 0.2) is 0 Å². The van der Waals surface area contributed by atoms with Gasteiger partial charge in [0.1, 0.15) is 26.1 Å².